The van der Waals surface area contributed by atoms with Crippen molar-refractivity contribution in [1.82, 2.24) is 10.2 Å². The largest absolute Gasteiger partial charge is 0.497 e. The summed E-state index contributed by atoms with van der Waals surface area (Å²) in [5.74, 6) is 0.996. The summed E-state index contributed by atoms with van der Waals surface area (Å²) in [4.78, 5) is 15.8. The van der Waals surface area contributed by atoms with Crippen molar-refractivity contribution in [2.24, 2.45) is 0 Å². The number of amides is 1. The van der Waals surface area contributed by atoms with Crippen LogP contribution >= 0.6 is 11.3 Å². The van der Waals surface area contributed by atoms with Crippen LogP contribution in [0.1, 0.15) is 21.3 Å². The average molecular weight is 334 g/mol. The van der Waals surface area contributed by atoms with Crippen molar-refractivity contribution in [3.63, 3.8) is 0 Å². The Balaban J connectivity index is 2.09. The van der Waals surface area contributed by atoms with Crippen molar-refractivity contribution in [2.45, 2.75) is 6.04 Å². The molecular weight excluding hydrogens is 312 g/mol. The highest BCUT2D eigenvalue weighted by Gasteiger charge is 2.18. The van der Waals surface area contributed by atoms with Gasteiger partial charge in [0.25, 0.3) is 5.91 Å². The van der Waals surface area contributed by atoms with Gasteiger partial charge in [-0.15, -0.1) is 11.3 Å². The van der Waals surface area contributed by atoms with E-state index in [-0.39, 0.29) is 11.9 Å². The smallest absolute Gasteiger partial charge is 0.255 e. The van der Waals surface area contributed by atoms with Crippen molar-refractivity contribution < 1.29 is 14.3 Å². The zero-order valence-corrected chi connectivity index (χ0v) is 14.6. The van der Waals surface area contributed by atoms with E-state index < -0.39 is 0 Å². The summed E-state index contributed by atoms with van der Waals surface area (Å²) in [6.07, 6.45) is 0. The highest BCUT2D eigenvalue weighted by molar-refractivity contribution is 7.10. The average Bonchev–Trinajstić information content (AvgIpc) is 3.08. The number of ether oxygens (including phenoxy) is 2. The number of hydrogen-bond donors (Lipinski definition) is 1. The molecule has 2 rings (SSSR count). The van der Waals surface area contributed by atoms with Gasteiger partial charge in [-0.05, 0) is 37.7 Å². The van der Waals surface area contributed by atoms with Crippen molar-refractivity contribution in [3.8, 4) is 11.5 Å². The molecule has 0 saturated carbocycles. The van der Waals surface area contributed by atoms with Gasteiger partial charge in [0, 0.05) is 17.5 Å². The van der Waals surface area contributed by atoms with Crippen LogP contribution < -0.4 is 14.8 Å². The van der Waals surface area contributed by atoms with E-state index in [1.165, 1.54) is 4.88 Å². The van der Waals surface area contributed by atoms with Gasteiger partial charge in [-0.3, -0.25) is 4.79 Å². The second kappa shape index (κ2) is 7.99. The lowest BCUT2D eigenvalue weighted by atomic mass is 10.1. The number of rotatable bonds is 7. The Morgan fingerprint density at radius 2 is 2.04 bits per heavy atom. The Morgan fingerprint density at radius 1 is 1.26 bits per heavy atom. The van der Waals surface area contributed by atoms with E-state index in [0.29, 0.717) is 23.6 Å². The van der Waals surface area contributed by atoms with Crippen LogP contribution in [0.4, 0.5) is 0 Å². The molecule has 0 aliphatic rings. The first-order valence-electron chi connectivity index (χ1n) is 7.27. The minimum atomic E-state index is -0.159. The van der Waals surface area contributed by atoms with Gasteiger partial charge in [0.15, 0.2) is 0 Å². The van der Waals surface area contributed by atoms with Gasteiger partial charge < -0.3 is 19.7 Å². The fourth-order valence-corrected chi connectivity index (χ4v) is 3.21. The fourth-order valence-electron chi connectivity index (χ4n) is 2.29. The standard InChI is InChI=1S/C17H22N2O3S/c1-19(2)14(16-6-5-9-23-16)11-18-17(20)13-8-7-12(21-3)10-15(13)22-4/h5-10,14H,11H2,1-4H3,(H,18,20). The van der Waals surface area contributed by atoms with E-state index >= 15 is 0 Å². The molecule has 0 radical (unpaired) electrons. The number of nitrogens with one attached hydrogen (secondary N) is 1. The van der Waals surface area contributed by atoms with E-state index in [0.717, 1.165) is 0 Å². The molecular formula is C17H22N2O3S. The molecule has 124 valence electrons. The Kier molecular flexibility index (Phi) is 6.01. The molecule has 1 amide bonds. The number of thiophene rings is 1. The molecule has 1 aromatic heterocycles. The minimum Gasteiger partial charge on any atom is -0.497 e. The summed E-state index contributed by atoms with van der Waals surface area (Å²) in [7, 11) is 7.13. The first-order valence-corrected chi connectivity index (χ1v) is 8.14. The number of benzene rings is 1. The lowest BCUT2D eigenvalue weighted by molar-refractivity contribution is 0.0939. The van der Waals surface area contributed by atoms with Gasteiger partial charge in [0.1, 0.15) is 11.5 Å². The molecule has 1 N–H and O–H groups in total. The van der Waals surface area contributed by atoms with Crippen LogP contribution in [0.5, 0.6) is 11.5 Å². The van der Waals surface area contributed by atoms with Crippen molar-refractivity contribution in [3.05, 3.63) is 46.2 Å². The van der Waals surface area contributed by atoms with Crippen LogP contribution in [-0.2, 0) is 0 Å². The molecule has 1 atom stereocenters. The summed E-state index contributed by atoms with van der Waals surface area (Å²) < 4.78 is 10.4. The molecule has 0 bridgehead atoms. The summed E-state index contributed by atoms with van der Waals surface area (Å²) in [5, 5.41) is 5.03. The predicted molar refractivity (Wildman–Crippen MR) is 92.6 cm³/mol. The van der Waals surface area contributed by atoms with Crippen molar-refractivity contribution in [2.75, 3.05) is 34.9 Å². The predicted octanol–water partition coefficient (Wildman–Crippen LogP) is 2.80. The second-order valence-corrected chi connectivity index (χ2v) is 6.25. The maximum atomic E-state index is 12.5. The quantitative estimate of drug-likeness (QED) is 0.846. The SMILES string of the molecule is COc1ccc(C(=O)NCC(c2cccs2)N(C)C)c(OC)c1. The van der Waals surface area contributed by atoms with Crippen LogP contribution in [0.25, 0.3) is 0 Å². The maximum absolute atomic E-state index is 12.5. The number of likely N-dealkylation sites (N-methyl/N-ethyl adjacent to an activating group) is 1. The molecule has 6 heteroatoms. The van der Waals surface area contributed by atoms with E-state index in [1.54, 1.807) is 43.8 Å². The van der Waals surface area contributed by atoms with Crippen molar-refractivity contribution in [1.29, 1.82) is 0 Å². The Labute approximate surface area is 140 Å². The monoisotopic (exact) mass is 334 g/mol. The van der Waals surface area contributed by atoms with E-state index in [2.05, 4.69) is 16.3 Å². The van der Waals surface area contributed by atoms with E-state index in [1.807, 2.05) is 25.5 Å². The fraction of sp³-hybridized carbons (Fsp3) is 0.353. The third-order valence-electron chi connectivity index (χ3n) is 3.60. The van der Waals surface area contributed by atoms with Crippen molar-refractivity contribution >= 4 is 17.2 Å². The van der Waals surface area contributed by atoms with Gasteiger partial charge in [-0.25, -0.2) is 0 Å². The van der Waals surface area contributed by atoms with E-state index in [4.69, 9.17) is 9.47 Å². The number of methoxy groups -OCH3 is 2. The van der Waals surface area contributed by atoms with Crippen LogP contribution in [0.3, 0.4) is 0 Å². The van der Waals surface area contributed by atoms with Crippen LogP contribution in [-0.4, -0.2) is 45.7 Å². The molecule has 0 spiro atoms. The third kappa shape index (κ3) is 4.24. The minimum absolute atomic E-state index is 0.142. The summed E-state index contributed by atoms with van der Waals surface area (Å²) in [6.45, 7) is 0.529. The maximum Gasteiger partial charge on any atom is 0.255 e. The number of hydrogen-bond acceptors (Lipinski definition) is 5. The highest BCUT2D eigenvalue weighted by Crippen LogP contribution is 2.25. The first kappa shape index (κ1) is 17.3. The van der Waals surface area contributed by atoms with Gasteiger partial charge in [0.05, 0.1) is 25.8 Å². The molecule has 1 aromatic carbocycles. The Morgan fingerprint density at radius 3 is 2.61 bits per heavy atom. The highest BCUT2D eigenvalue weighted by atomic mass is 32.1. The van der Waals surface area contributed by atoms with Gasteiger partial charge >= 0.3 is 0 Å². The molecule has 0 fully saturated rings. The molecule has 2 aromatic rings. The lowest BCUT2D eigenvalue weighted by Gasteiger charge is -2.23. The summed E-state index contributed by atoms with van der Waals surface area (Å²) in [5.41, 5.74) is 0.497. The number of nitrogens with zero attached hydrogens (tertiary/aromatic N) is 1. The third-order valence-corrected chi connectivity index (χ3v) is 4.58. The zero-order valence-electron chi connectivity index (χ0n) is 13.8. The molecule has 0 saturated heterocycles. The first-order chi connectivity index (χ1) is 11.1. The number of carbonyl (C=O) groups excluding carboxylic acids is 1. The van der Waals surface area contributed by atoms with E-state index in [9.17, 15) is 4.79 Å². The Hall–Kier alpha value is -2.05. The molecule has 23 heavy (non-hydrogen) atoms. The van der Waals surface area contributed by atoms with Crippen LogP contribution in [0.15, 0.2) is 35.7 Å². The van der Waals surface area contributed by atoms with Gasteiger partial charge in [0.2, 0.25) is 0 Å². The normalized spacial score (nSPS) is 12.0. The number of carbonyl (C=O) groups is 1. The molecule has 5 nitrogen and oxygen atoms in total. The second-order valence-electron chi connectivity index (χ2n) is 5.27. The topological polar surface area (TPSA) is 50.8 Å². The summed E-state index contributed by atoms with van der Waals surface area (Å²) >= 11 is 1.69. The molecule has 0 aliphatic heterocycles. The van der Waals surface area contributed by atoms with Gasteiger partial charge in [-0.1, -0.05) is 6.07 Å². The molecule has 1 unspecified atom stereocenters. The summed E-state index contributed by atoms with van der Waals surface area (Å²) in [6, 6.07) is 9.41. The van der Waals surface area contributed by atoms with Crippen LogP contribution in [0.2, 0.25) is 0 Å². The molecule has 1 heterocycles. The van der Waals surface area contributed by atoms with Crippen LogP contribution in [0, 0.1) is 0 Å². The van der Waals surface area contributed by atoms with Gasteiger partial charge in [-0.2, -0.15) is 0 Å². The zero-order chi connectivity index (χ0) is 16.8. The molecule has 0 aliphatic carbocycles. The Bertz CT molecular complexity index is 641. The lowest BCUT2D eigenvalue weighted by Crippen LogP contribution is -2.34.